The highest BCUT2D eigenvalue weighted by molar-refractivity contribution is 6.02. The lowest BCUT2D eigenvalue weighted by molar-refractivity contribution is -0.156. The molecule has 3 aromatic rings. The first-order valence-corrected chi connectivity index (χ1v) is 13.1. The van der Waals surface area contributed by atoms with Crippen molar-refractivity contribution in [3.05, 3.63) is 95.1 Å². The maximum Gasteiger partial charge on any atom is 0.335 e. The molecular formula is C32H36O4. The van der Waals surface area contributed by atoms with Gasteiger partial charge in [0, 0.05) is 13.0 Å². The second-order valence-corrected chi connectivity index (χ2v) is 8.96. The third-order valence-corrected chi connectivity index (χ3v) is 6.53. The van der Waals surface area contributed by atoms with E-state index in [0.717, 1.165) is 17.7 Å². The van der Waals surface area contributed by atoms with Gasteiger partial charge in [0.15, 0.2) is 6.10 Å². The minimum Gasteiger partial charge on any atom is -0.490 e. The zero-order valence-electron chi connectivity index (χ0n) is 21.6. The molecule has 3 aromatic carbocycles. The van der Waals surface area contributed by atoms with Crippen molar-refractivity contribution in [2.45, 2.75) is 52.6 Å². The molecule has 0 saturated carbocycles. The van der Waals surface area contributed by atoms with Gasteiger partial charge in [-0.05, 0) is 83.9 Å². The number of hydrogen-bond donors (Lipinski definition) is 0. The predicted molar refractivity (Wildman–Crippen MR) is 145 cm³/mol. The van der Waals surface area contributed by atoms with Crippen molar-refractivity contribution in [3.8, 4) is 16.9 Å². The van der Waals surface area contributed by atoms with E-state index < -0.39 is 6.10 Å². The topological polar surface area (TPSA) is 44.8 Å². The van der Waals surface area contributed by atoms with E-state index in [0.29, 0.717) is 26.2 Å². The molecule has 0 spiro atoms. The standard InChI is InChI=1S/C32H36O4/c1-4-7-11-24-12-10-15-29-27(26-13-8-9-14-28(26)31(24)29)20-21-36-25-18-16-23(17-19-25)22-30(34-5-2)32(33)35-6-3/h8-10,12-20,30H,4-7,11,21-22H2,1-3H3/b27-20+. The highest BCUT2D eigenvalue weighted by Gasteiger charge is 2.25. The molecule has 36 heavy (non-hydrogen) atoms. The number of carbonyl (C=O) groups is 1. The maximum absolute atomic E-state index is 12.1. The fourth-order valence-electron chi connectivity index (χ4n) is 4.82. The molecule has 0 radical (unpaired) electrons. The molecule has 4 heteroatoms. The van der Waals surface area contributed by atoms with E-state index in [-0.39, 0.29) is 5.97 Å². The molecular weight excluding hydrogens is 448 g/mol. The summed E-state index contributed by atoms with van der Waals surface area (Å²) in [5, 5.41) is 0. The fourth-order valence-corrected chi connectivity index (χ4v) is 4.82. The van der Waals surface area contributed by atoms with Crippen LogP contribution in [-0.4, -0.2) is 31.9 Å². The number of hydrogen-bond acceptors (Lipinski definition) is 4. The van der Waals surface area contributed by atoms with E-state index in [2.05, 4.69) is 55.5 Å². The summed E-state index contributed by atoms with van der Waals surface area (Å²) >= 11 is 0. The number of esters is 1. The Kier molecular flexibility index (Phi) is 8.96. The molecule has 0 aliphatic heterocycles. The van der Waals surface area contributed by atoms with Crippen LogP contribution in [-0.2, 0) is 27.1 Å². The smallest absolute Gasteiger partial charge is 0.335 e. The quantitative estimate of drug-likeness (QED) is 0.203. The van der Waals surface area contributed by atoms with Gasteiger partial charge in [-0.15, -0.1) is 0 Å². The third kappa shape index (κ3) is 5.88. The molecule has 1 aliphatic rings. The number of fused-ring (bicyclic) bond motifs is 3. The average Bonchev–Trinajstić information content (AvgIpc) is 3.22. The van der Waals surface area contributed by atoms with Crippen LogP contribution in [0.25, 0.3) is 16.7 Å². The van der Waals surface area contributed by atoms with Crippen molar-refractivity contribution >= 4 is 11.5 Å². The molecule has 1 atom stereocenters. The van der Waals surface area contributed by atoms with Gasteiger partial charge in [-0.3, -0.25) is 0 Å². The van der Waals surface area contributed by atoms with Crippen LogP contribution in [0.4, 0.5) is 0 Å². The highest BCUT2D eigenvalue weighted by atomic mass is 16.6. The number of carbonyl (C=O) groups excluding carboxylic acids is 1. The summed E-state index contributed by atoms with van der Waals surface area (Å²) in [5.41, 5.74) is 8.94. The monoisotopic (exact) mass is 484 g/mol. The summed E-state index contributed by atoms with van der Waals surface area (Å²) in [7, 11) is 0. The van der Waals surface area contributed by atoms with Crippen molar-refractivity contribution in [2.24, 2.45) is 0 Å². The van der Waals surface area contributed by atoms with Gasteiger partial charge in [0.1, 0.15) is 12.4 Å². The van der Waals surface area contributed by atoms with Crippen LogP contribution in [0.3, 0.4) is 0 Å². The Morgan fingerprint density at radius 2 is 1.61 bits per heavy atom. The molecule has 4 rings (SSSR count). The van der Waals surface area contributed by atoms with Crippen LogP contribution < -0.4 is 4.74 Å². The Balaban J connectivity index is 1.46. The van der Waals surface area contributed by atoms with E-state index in [1.165, 1.54) is 46.2 Å². The van der Waals surface area contributed by atoms with Gasteiger partial charge in [0.25, 0.3) is 0 Å². The summed E-state index contributed by atoms with van der Waals surface area (Å²) in [4.78, 5) is 12.1. The Morgan fingerprint density at radius 1 is 0.861 bits per heavy atom. The van der Waals surface area contributed by atoms with Crippen LogP contribution in [0.15, 0.2) is 72.8 Å². The molecule has 1 unspecified atom stereocenters. The molecule has 0 fully saturated rings. The summed E-state index contributed by atoms with van der Waals surface area (Å²) in [6.45, 7) is 7.21. The first-order valence-electron chi connectivity index (χ1n) is 13.1. The number of aryl methyl sites for hydroxylation is 1. The molecule has 1 aliphatic carbocycles. The fraction of sp³-hybridized carbons (Fsp3) is 0.344. The van der Waals surface area contributed by atoms with Gasteiger partial charge in [-0.25, -0.2) is 4.79 Å². The first kappa shape index (κ1) is 25.7. The lowest BCUT2D eigenvalue weighted by Crippen LogP contribution is -2.28. The molecule has 188 valence electrons. The Labute approximate surface area is 214 Å². The van der Waals surface area contributed by atoms with Crippen LogP contribution in [0.2, 0.25) is 0 Å². The molecule has 0 aromatic heterocycles. The van der Waals surface area contributed by atoms with Crippen molar-refractivity contribution in [3.63, 3.8) is 0 Å². The summed E-state index contributed by atoms with van der Waals surface area (Å²) in [6.07, 6.45) is 5.57. The van der Waals surface area contributed by atoms with Crippen LogP contribution >= 0.6 is 0 Å². The van der Waals surface area contributed by atoms with E-state index in [1.54, 1.807) is 6.92 Å². The van der Waals surface area contributed by atoms with Crippen molar-refractivity contribution in [2.75, 3.05) is 19.8 Å². The van der Waals surface area contributed by atoms with Crippen molar-refractivity contribution in [1.82, 2.24) is 0 Å². The van der Waals surface area contributed by atoms with Gasteiger partial charge in [0.05, 0.1) is 6.61 Å². The molecule has 0 heterocycles. The third-order valence-electron chi connectivity index (χ3n) is 6.53. The number of unbranched alkanes of at least 4 members (excludes halogenated alkanes) is 1. The molecule has 0 saturated heterocycles. The maximum atomic E-state index is 12.1. The average molecular weight is 485 g/mol. The number of rotatable bonds is 12. The second-order valence-electron chi connectivity index (χ2n) is 8.96. The highest BCUT2D eigenvalue weighted by Crippen LogP contribution is 2.46. The summed E-state index contributed by atoms with van der Waals surface area (Å²) in [5.74, 6) is 0.476. The van der Waals surface area contributed by atoms with Gasteiger partial charge in [0.2, 0.25) is 0 Å². The molecule has 0 bridgehead atoms. The second kappa shape index (κ2) is 12.5. The zero-order chi connectivity index (χ0) is 25.3. The normalized spacial score (nSPS) is 13.8. The predicted octanol–water partition coefficient (Wildman–Crippen LogP) is 7.03. The van der Waals surface area contributed by atoms with Gasteiger partial charge in [-0.2, -0.15) is 0 Å². The van der Waals surface area contributed by atoms with Gasteiger partial charge in [-0.1, -0.05) is 67.9 Å². The molecule has 4 nitrogen and oxygen atoms in total. The van der Waals surface area contributed by atoms with Gasteiger partial charge >= 0.3 is 5.97 Å². The van der Waals surface area contributed by atoms with E-state index >= 15 is 0 Å². The van der Waals surface area contributed by atoms with Crippen LogP contribution in [0.1, 0.15) is 55.9 Å². The Hall–Kier alpha value is -3.37. The Bertz CT molecular complexity index is 1190. The van der Waals surface area contributed by atoms with Crippen molar-refractivity contribution < 1.29 is 19.0 Å². The minimum atomic E-state index is -0.587. The van der Waals surface area contributed by atoms with Crippen LogP contribution in [0, 0.1) is 0 Å². The van der Waals surface area contributed by atoms with E-state index in [1.807, 2.05) is 31.2 Å². The SMILES string of the molecule is CCCCc1cccc2c1-c1ccccc1/C2=C\COc1ccc(CC(OCC)C(=O)OCC)cc1. The number of ether oxygens (including phenoxy) is 3. The van der Waals surface area contributed by atoms with Crippen LogP contribution in [0.5, 0.6) is 5.75 Å². The lowest BCUT2D eigenvalue weighted by Gasteiger charge is -2.15. The van der Waals surface area contributed by atoms with Gasteiger partial charge < -0.3 is 14.2 Å². The minimum absolute atomic E-state index is 0.318. The zero-order valence-corrected chi connectivity index (χ0v) is 21.6. The molecule has 0 N–H and O–H groups in total. The van der Waals surface area contributed by atoms with Crippen molar-refractivity contribution in [1.29, 1.82) is 0 Å². The largest absolute Gasteiger partial charge is 0.490 e. The first-order chi connectivity index (χ1) is 17.7. The summed E-state index contributed by atoms with van der Waals surface area (Å²) in [6, 6.07) is 23.2. The molecule has 0 amide bonds. The van der Waals surface area contributed by atoms with E-state index in [9.17, 15) is 4.79 Å². The number of benzene rings is 3. The summed E-state index contributed by atoms with van der Waals surface area (Å²) < 4.78 is 16.8. The Morgan fingerprint density at radius 3 is 2.33 bits per heavy atom. The van der Waals surface area contributed by atoms with E-state index in [4.69, 9.17) is 14.2 Å². The lowest BCUT2D eigenvalue weighted by atomic mass is 9.95.